The molecule has 21 heavy (non-hydrogen) atoms. The van der Waals surface area contributed by atoms with Crippen LogP contribution < -0.4 is 5.32 Å². The van der Waals surface area contributed by atoms with Gasteiger partial charge in [-0.25, -0.2) is 4.79 Å². The molecule has 2 N–H and O–H groups in total. The summed E-state index contributed by atoms with van der Waals surface area (Å²) in [5.74, 6) is -1.32. The molecular weight excluding hydrogens is 290 g/mol. The van der Waals surface area contributed by atoms with Gasteiger partial charge in [0.25, 0.3) is 5.91 Å². The van der Waals surface area contributed by atoms with E-state index in [1.807, 2.05) is 6.92 Å². The summed E-state index contributed by atoms with van der Waals surface area (Å²) in [5.41, 5.74) is 0.131. The fourth-order valence-electron chi connectivity index (χ4n) is 2.88. The number of carbonyl (C=O) groups excluding carboxylic acids is 1. The van der Waals surface area contributed by atoms with Crippen LogP contribution in [0.3, 0.4) is 0 Å². The maximum Gasteiger partial charge on any atom is 0.329 e. The molecule has 1 aromatic rings. The number of carboxylic acid groups (broad SMARTS) is 1. The van der Waals surface area contributed by atoms with Crippen LogP contribution in [0.15, 0.2) is 18.2 Å². The second-order valence-corrected chi connectivity index (χ2v) is 6.21. The fourth-order valence-corrected chi connectivity index (χ4v) is 3.17. The van der Waals surface area contributed by atoms with Gasteiger partial charge in [-0.2, -0.15) is 0 Å². The lowest BCUT2D eigenvalue weighted by atomic mass is 9.89. The minimum Gasteiger partial charge on any atom is -0.480 e. The number of aryl methyl sites for hydroxylation is 1. The first-order valence-corrected chi connectivity index (χ1v) is 7.64. The fraction of sp³-hybridized carbons (Fsp3) is 0.500. The molecule has 2 rings (SSSR count). The normalized spacial score (nSPS) is 17.8. The Balaban J connectivity index is 2.23. The van der Waals surface area contributed by atoms with Gasteiger partial charge in [-0.1, -0.05) is 37.3 Å². The number of carbonyl (C=O) groups is 2. The average molecular weight is 310 g/mol. The molecule has 0 heterocycles. The summed E-state index contributed by atoms with van der Waals surface area (Å²) in [6.07, 6.45) is 4.63. The second-order valence-electron chi connectivity index (χ2n) is 5.77. The van der Waals surface area contributed by atoms with E-state index < -0.39 is 11.5 Å². The van der Waals surface area contributed by atoms with Crippen molar-refractivity contribution in [3.63, 3.8) is 0 Å². The predicted octanol–water partition coefficient (Wildman–Crippen LogP) is 3.56. The number of hydrogen-bond acceptors (Lipinski definition) is 2. The predicted molar refractivity (Wildman–Crippen MR) is 81.7 cm³/mol. The molecule has 4 nitrogen and oxygen atoms in total. The molecule has 1 amide bonds. The SMILES string of the molecule is Cc1cc(Cl)cc(C(=O)NC2(C(=O)O)CCCCCC2)c1. The quantitative estimate of drug-likeness (QED) is 0.839. The average Bonchev–Trinajstić information content (AvgIpc) is 2.64. The molecule has 5 heteroatoms. The van der Waals surface area contributed by atoms with E-state index in [9.17, 15) is 14.7 Å². The number of nitrogens with one attached hydrogen (secondary N) is 1. The monoisotopic (exact) mass is 309 g/mol. The van der Waals surface area contributed by atoms with Crippen LogP contribution in [0.4, 0.5) is 0 Å². The van der Waals surface area contributed by atoms with Gasteiger partial charge in [-0.3, -0.25) is 4.79 Å². The molecule has 0 atom stereocenters. The third-order valence-electron chi connectivity index (χ3n) is 4.02. The third kappa shape index (κ3) is 3.76. The number of rotatable bonds is 3. The molecule has 0 unspecified atom stereocenters. The Labute approximate surface area is 129 Å². The number of aliphatic carboxylic acids is 1. The molecule has 0 bridgehead atoms. The van der Waals surface area contributed by atoms with Crippen molar-refractivity contribution in [2.75, 3.05) is 0 Å². The molecule has 1 saturated carbocycles. The molecule has 114 valence electrons. The second kappa shape index (κ2) is 6.48. The maximum absolute atomic E-state index is 12.4. The highest BCUT2D eigenvalue weighted by Crippen LogP contribution is 2.28. The van der Waals surface area contributed by atoms with Gasteiger partial charge in [0.1, 0.15) is 5.54 Å². The first kappa shape index (κ1) is 15.8. The number of hydrogen-bond donors (Lipinski definition) is 2. The Morgan fingerprint density at radius 2 is 1.76 bits per heavy atom. The van der Waals surface area contributed by atoms with Crippen LogP contribution in [0.25, 0.3) is 0 Å². The minimum absolute atomic E-state index is 0.370. The molecule has 0 saturated heterocycles. The van der Waals surface area contributed by atoms with Crippen LogP contribution >= 0.6 is 11.6 Å². The smallest absolute Gasteiger partial charge is 0.329 e. The first-order chi connectivity index (χ1) is 9.93. The Kier molecular flexibility index (Phi) is 4.88. The van der Waals surface area contributed by atoms with Crippen molar-refractivity contribution in [1.82, 2.24) is 5.32 Å². The molecule has 1 aliphatic rings. The minimum atomic E-state index is -1.15. The number of halogens is 1. The van der Waals surface area contributed by atoms with E-state index in [1.165, 1.54) is 0 Å². The van der Waals surface area contributed by atoms with Crippen LogP contribution in [0.1, 0.15) is 54.4 Å². The van der Waals surface area contributed by atoms with Gasteiger partial charge in [0.05, 0.1) is 0 Å². The van der Waals surface area contributed by atoms with Gasteiger partial charge in [0, 0.05) is 10.6 Å². The summed E-state index contributed by atoms with van der Waals surface area (Å²) in [6.45, 7) is 1.85. The number of carboxylic acids is 1. The van der Waals surface area contributed by atoms with Gasteiger partial charge in [-0.05, 0) is 43.5 Å². The lowest BCUT2D eigenvalue weighted by Gasteiger charge is -2.29. The van der Waals surface area contributed by atoms with E-state index in [1.54, 1.807) is 18.2 Å². The molecule has 0 aliphatic heterocycles. The zero-order valence-corrected chi connectivity index (χ0v) is 12.9. The summed E-state index contributed by atoms with van der Waals surface area (Å²) in [5, 5.41) is 12.8. The van der Waals surface area contributed by atoms with Crippen LogP contribution in [0.5, 0.6) is 0 Å². The van der Waals surface area contributed by atoms with E-state index >= 15 is 0 Å². The first-order valence-electron chi connectivity index (χ1n) is 7.26. The highest BCUT2D eigenvalue weighted by Gasteiger charge is 2.40. The van der Waals surface area contributed by atoms with E-state index in [0.717, 1.165) is 31.2 Å². The molecule has 1 aliphatic carbocycles. The van der Waals surface area contributed by atoms with Gasteiger partial charge in [0.2, 0.25) is 0 Å². The third-order valence-corrected chi connectivity index (χ3v) is 4.24. The summed E-state index contributed by atoms with van der Waals surface area (Å²) in [7, 11) is 0. The van der Waals surface area contributed by atoms with Crippen molar-refractivity contribution in [2.24, 2.45) is 0 Å². The van der Waals surface area contributed by atoms with Gasteiger partial charge >= 0.3 is 5.97 Å². The summed E-state index contributed by atoms with van der Waals surface area (Å²) in [4.78, 5) is 24.1. The summed E-state index contributed by atoms with van der Waals surface area (Å²) < 4.78 is 0. The van der Waals surface area contributed by atoms with Crippen molar-refractivity contribution in [3.05, 3.63) is 34.3 Å². The highest BCUT2D eigenvalue weighted by atomic mass is 35.5. The molecule has 1 aromatic carbocycles. The van der Waals surface area contributed by atoms with Crippen molar-refractivity contribution < 1.29 is 14.7 Å². The lowest BCUT2D eigenvalue weighted by Crippen LogP contribution is -2.54. The zero-order chi connectivity index (χ0) is 15.5. The zero-order valence-electron chi connectivity index (χ0n) is 12.1. The van der Waals surface area contributed by atoms with Crippen molar-refractivity contribution in [2.45, 2.75) is 51.0 Å². The molecule has 0 radical (unpaired) electrons. The standard InChI is InChI=1S/C16H20ClNO3/c1-11-8-12(10-13(17)9-11)14(19)18-16(15(20)21)6-4-2-3-5-7-16/h8-10H,2-7H2,1H3,(H,18,19)(H,20,21). The van der Waals surface area contributed by atoms with Crippen molar-refractivity contribution in [1.29, 1.82) is 0 Å². The van der Waals surface area contributed by atoms with Gasteiger partial charge in [0.15, 0.2) is 0 Å². The van der Waals surface area contributed by atoms with Gasteiger partial charge < -0.3 is 10.4 Å². The Bertz CT molecular complexity index is 528. The van der Waals surface area contributed by atoms with Crippen LogP contribution in [0.2, 0.25) is 5.02 Å². The maximum atomic E-state index is 12.4. The van der Waals surface area contributed by atoms with Crippen LogP contribution in [0, 0.1) is 6.92 Å². The highest BCUT2D eigenvalue weighted by molar-refractivity contribution is 6.31. The Morgan fingerprint density at radius 3 is 2.29 bits per heavy atom. The van der Waals surface area contributed by atoms with E-state index in [-0.39, 0.29) is 5.91 Å². The van der Waals surface area contributed by atoms with E-state index in [0.29, 0.717) is 23.4 Å². The molecule has 0 spiro atoms. The molecule has 1 fully saturated rings. The number of benzene rings is 1. The largest absolute Gasteiger partial charge is 0.480 e. The number of amides is 1. The van der Waals surface area contributed by atoms with Crippen LogP contribution in [-0.2, 0) is 4.79 Å². The van der Waals surface area contributed by atoms with Crippen LogP contribution in [-0.4, -0.2) is 22.5 Å². The van der Waals surface area contributed by atoms with Gasteiger partial charge in [-0.15, -0.1) is 0 Å². The summed E-state index contributed by atoms with van der Waals surface area (Å²) >= 11 is 5.96. The Hall–Kier alpha value is -1.55. The topological polar surface area (TPSA) is 66.4 Å². The van der Waals surface area contributed by atoms with Crippen molar-refractivity contribution in [3.8, 4) is 0 Å². The van der Waals surface area contributed by atoms with Crippen molar-refractivity contribution >= 4 is 23.5 Å². The summed E-state index contributed by atoms with van der Waals surface area (Å²) in [6, 6.07) is 5.04. The molecule has 0 aromatic heterocycles. The van der Waals surface area contributed by atoms with E-state index in [2.05, 4.69) is 5.32 Å². The molecular formula is C16H20ClNO3. The lowest BCUT2D eigenvalue weighted by molar-refractivity contribution is -0.145. The van der Waals surface area contributed by atoms with E-state index in [4.69, 9.17) is 11.6 Å². The Morgan fingerprint density at radius 1 is 1.14 bits per heavy atom.